The van der Waals surface area contributed by atoms with Crippen LogP contribution in [-0.4, -0.2) is 26.9 Å². The van der Waals surface area contributed by atoms with Crippen LogP contribution in [-0.2, 0) is 6.42 Å². The number of hydrogen-bond donors (Lipinski definition) is 0. The Morgan fingerprint density at radius 2 is 1.91 bits per heavy atom. The number of carbonyl (C=O) groups is 1. The maximum atomic E-state index is 12.5. The van der Waals surface area contributed by atoms with Gasteiger partial charge in [-0.2, -0.15) is 5.10 Å². The minimum absolute atomic E-state index is 0.0396. The number of aryl methyl sites for hydroxylation is 1. The third kappa shape index (κ3) is 1.95. The van der Waals surface area contributed by atoms with Gasteiger partial charge in [-0.05, 0) is 40.6 Å². The lowest BCUT2D eigenvalue weighted by Gasteiger charge is -2.14. The highest BCUT2D eigenvalue weighted by Gasteiger charge is 2.25. The van der Waals surface area contributed by atoms with Crippen LogP contribution in [0, 0.1) is 6.92 Å². The van der Waals surface area contributed by atoms with Gasteiger partial charge in [-0.1, -0.05) is 23.8 Å². The Hall–Kier alpha value is -2.19. The molecule has 1 aliphatic rings. The van der Waals surface area contributed by atoms with Crippen LogP contribution in [0.25, 0.3) is 16.6 Å². The smallest absolute Gasteiger partial charge is 0.257 e. The summed E-state index contributed by atoms with van der Waals surface area (Å²) in [6.45, 7) is 2.74. The molecule has 0 N–H and O–H groups in total. The predicted molar refractivity (Wildman–Crippen MR) is 90.3 cm³/mol. The van der Waals surface area contributed by atoms with Gasteiger partial charge in [0.2, 0.25) is 0 Å². The number of benzene rings is 2. The van der Waals surface area contributed by atoms with E-state index in [9.17, 15) is 4.79 Å². The minimum atomic E-state index is 0.0396. The van der Waals surface area contributed by atoms with Gasteiger partial charge in [0.05, 0.1) is 22.5 Å². The first-order valence-corrected chi connectivity index (χ1v) is 7.81. The molecular weight excluding hydrogens is 293 g/mol. The number of aromatic nitrogens is 2. The lowest BCUT2D eigenvalue weighted by atomic mass is 10.1. The molecule has 1 aromatic heterocycles. The van der Waals surface area contributed by atoms with E-state index < -0.39 is 0 Å². The van der Waals surface area contributed by atoms with Gasteiger partial charge in [0.15, 0.2) is 0 Å². The summed E-state index contributed by atoms with van der Waals surface area (Å²) >= 11 is 0. The van der Waals surface area contributed by atoms with Crippen LogP contribution in [0.3, 0.4) is 0 Å². The van der Waals surface area contributed by atoms with Crippen LogP contribution in [0.1, 0.15) is 21.6 Å². The van der Waals surface area contributed by atoms with E-state index in [0.29, 0.717) is 6.54 Å². The lowest BCUT2D eigenvalue weighted by Crippen LogP contribution is -2.21. The van der Waals surface area contributed by atoms with Gasteiger partial charge in [0.1, 0.15) is 0 Å². The molecule has 3 aromatic rings. The number of hydrogen-bond acceptors (Lipinski definition) is 2. The third-order valence-corrected chi connectivity index (χ3v) is 4.65. The molecule has 1 atom stereocenters. The molecular formula is C17H16N3OP. The van der Waals surface area contributed by atoms with Gasteiger partial charge in [-0.25, -0.2) is 4.68 Å². The standard InChI is InChI=1S/C17H16N3OP/c1-11-5-7-12(8-6-11)20-15-9-10-19(22)17(21)13-3-2-4-14(18-20)16(13)15/h2-8H,9-10,22H2,1H3. The van der Waals surface area contributed by atoms with Crippen molar-refractivity contribution >= 4 is 26.2 Å². The average molecular weight is 309 g/mol. The fourth-order valence-corrected chi connectivity index (χ4v) is 3.26. The van der Waals surface area contributed by atoms with Crippen molar-refractivity contribution in [1.82, 2.24) is 14.5 Å². The van der Waals surface area contributed by atoms with Crippen LogP contribution in [0.5, 0.6) is 0 Å². The molecule has 2 heterocycles. The van der Waals surface area contributed by atoms with Crippen molar-refractivity contribution in [3.8, 4) is 5.69 Å². The fraction of sp³-hybridized carbons (Fsp3) is 0.176. The number of amides is 1. The quantitative estimate of drug-likeness (QED) is 0.648. The van der Waals surface area contributed by atoms with Gasteiger partial charge < -0.3 is 4.67 Å². The first-order chi connectivity index (χ1) is 10.6. The third-order valence-electron chi connectivity index (χ3n) is 4.15. The summed E-state index contributed by atoms with van der Waals surface area (Å²) in [5.41, 5.74) is 4.97. The van der Waals surface area contributed by atoms with E-state index in [2.05, 4.69) is 40.6 Å². The normalized spacial score (nSPS) is 14.5. The van der Waals surface area contributed by atoms with Gasteiger partial charge in [-0.3, -0.25) is 4.79 Å². The SMILES string of the molecule is Cc1ccc(-n2nc3cccc4c3c2CCN(P)C4=O)cc1. The number of carbonyl (C=O) groups excluding carboxylic acids is 1. The second-order valence-corrected chi connectivity index (χ2v) is 6.27. The molecule has 4 nitrogen and oxygen atoms in total. The highest BCUT2D eigenvalue weighted by Crippen LogP contribution is 2.30. The summed E-state index contributed by atoms with van der Waals surface area (Å²) in [7, 11) is 2.52. The van der Waals surface area contributed by atoms with Crippen molar-refractivity contribution in [2.75, 3.05) is 6.54 Å². The summed E-state index contributed by atoms with van der Waals surface area (Å²) in [4.78, 5) is 12.5. The Labute approximate surface area is 131 Å². The van der Waals surface area contributed by atoms with Gasteiger partial charge in [0.25, 0.3) is 5.91 Å². The van der Waals surface area contributed by atoms with Gasteiger partial charge >= 0.3 is 0 Å². The summed E-state index contributed by atoms with van der Waals surface area (Å²) in [5, 5.41) is 5.71. The summed E-state index contributed by atoms with van der Waals surface area (Å²) in [5.74, 6) is 0.0396. The van der Waals surface area contributed by atoms with E-state index in [1.807, 2.05) is 22.9 Å². The van der Waals surface area contributed by atoms with Crippen LogP contribution >= 0.6 is 9.39 Å². The van der Waals surface area contributed by atoms with Crippen molar-refractivity contribution in [3.63, 3.8) is 0 Å². The molecule has 0 saturated heterocycles. The van der Waals surface area contributed by atoms with Crippen LogP contribution in [0.4, 0.5) is 0 Å². The molecule has 5 heteroatoms. The predicted octanol–water partition coefficient (Wildman–Crippen LogP) is 3.12. The molecule has 4 rings (SSSR count). The molecule has 0 spiro atoms. The number of nitrogens with zero attached hydrogens (tertiary/aromatic N) is 3. The van der Waals surface area contributed by atoms with Crippen molar-refractivity contribution in [2.45, 2.75) is 13.3 Å². The molecule has 0 fully saturated rings. The zero-order chi connectivity index (χ0) is 15.3. The highest BCUT2D eigenvalue weighted by molar-refractivity contribution is 7.14. The van der Waals surface area contributed by atoms with Gasteiger partial charge in [0, 0.05) is 18.4 Å². The van der Waals surface area contributed by atoms with E-state index in [-0.39, 0.29) is 5.91 Å². The Balaban J connectivity index is 2.01. The second-order valence-electron chi connectivity index (χ2n) is 5.64. The van der Waals surface area contributed by atoms with E-state index in [4.69, 9.17) is 5.10 Å². The Morgan fingerprint density at radius 1 is 1.14 bits per heavy atom. The monoisotopic (exact) mass is 309 g/mol. The molecule has 2 aromatic carbocycles. The maximum Gasteiger partial charge on any atom is 0.257 e. The molecule has 0 saturated carbocycles. The van der Waals surface area contributed by atoms with Crippen LogP contribution in [0.15, 0.2) is 42.5 Å². The molecule has 1 unspecified atom stereocenters. The van der Waals surface area contributed by atoms with Crippen molar-refractivity contribution < 1.29 is 4.79 Å². The van der Waals surface area contributed by atoms with Crippen LogP contribution < -0.4 is 0 Å². The Kier molecular flexibility index (Phi) is 3.02. The highest BCUT2D eigenvalue weighted by atomic mass is 31.0. The van der Waals surface area contributed by atoms with E-state index in [1.165, 1.54) is 5.56 Å². The Morgan fingerprint density at radius 3 is 2.68 bits per heavy atom. The molecule has 0 bridgehead atoms. The topological polar surface area (TPSA) is 38.1 Å². The molecule has 1 aliphatic heterocycles. The van der Waals surface area contributed by atoms with E-state index in [0.717, 1.165) is 34.3 Å². The summed E-state index contributed by atoms with van der Waals surface area (Å²) in [6.07, 6.45) is 0.788. The van der Waals surface area contributed by atoms with Crippen molar-refractivity contribution in [1.29, 1.82) is 0 Å². The molecule has 110 valence electrons. The van der Waals surface area contributed by atoms with Crippen LogP contribution in [0.2, 0.25) is 0 Å². The van der Waals surface area contributed by atoms with Crippen molar-refractivity contribution in [2.24, 2.45) is 0 Å². The minimum Gasteiger partial charge on any atom is -0.323 e. The Bertz CT molecular complexity index is 883. The molecule has 1 amide bonds. The lowest BCUT2D eigenvalue weighted by molar-refractivity contribution is 0.0875. The number of rotatable bonds is 1. The maximum absolute atomic E-state index is 12.5. The van der Waals surface area contributed by atoms with Crippen molar-refractivity contribution in [3.05, 3.63) is 59.3 Å². The fourth-order valence-electron chi connectivity index (χ4n) is 2.99. The average Bonchev–Trinajstić information content (AvgIpc) is 2.85. The molecule has 0 aliphatic carbocycles. The largest absolute Gasteiger partial charge is 0.323 e. The first kappa shape index (κ1) is 13.5. The second kappa shape index (κ2) is 4.92. The first-order valence-electron chi connectivity index (χ1n) is 7.29. The summed E-state index contributed by atoms with van der Waals surface area (Å²) < 4.78 is 3.68. The van der Waals surface area contributed by atoms with E-state index in [1.54, 1.807) is 4.67 Å². The zero-order valence-electron chi connectivity index (χ0n) is 12.3. The van der Waals surface area contributed by atoms with Gasteiger partial charge in [-0.15, -0.1) is 0 Å². The molecule has 22 heavy (non-hydrogen) atoms. The zero-order valence-corrected chi connectivity index (χ0v) is 13.4. The molecule has 0 radical (unpaired) electrons. The van der Waals surface area contributed by atoms with E-state index >= 15 is 0 Å². The summed E-state index contributed by atoms with van der Waals surface area (Å²) in [6, 6.07) is 14.1.